The fourth-order valence-corrected chi connectivity index (χ4v) is 7.68. The Hall–Kier alpha value is -3.48. The Kier molecular flexibility index (Phi) is 6.18. The van der Waals surface area contributed by atoms with Crippen molar-refractivity contribution in [2.45, 2.75) is 24.4 Å². The molecule has 10 heteroatoms. The molecule has 0 bridgehead atoms. The van der Waals surface area contributed by atoms with E-state index in [4.69, 9.17) is 35.3 Å². The molecule has 0 saturated carbocycles. The van der Waals surface area contributed by atoms with Gasteiger partial charge in [0.2, 0.25) is 0 Å². The highest BCUT2D eigenvalue weighted by molar-refractivity contribution is 7.32. The van der Waals surface area contributed by atoms with Crippen molar-refractivity contribution >= 4 is 60.4 Å². The number of para-hydroxylation sites is 4. The lowest BCUT2D eigenvalue weighted by atomic mass is 10.1. The first-order valence-corrected chi connectivity index (χ1v) is 15.2. The zero-order chi connectivity index (χ0) is 26.5. The Bertz CT molecular complexity index is 1680. The molecule has 2 saturated heterocycles. The van der Waals surface area contributed by atoms with Gasteiger partial charge in [-0.1, -0.05) is 72.8 Å². The second-order valence-electron chi connectivity index (χ2n) is 9.68. The second kappa shape index (κ2) is 10.2. The maximum atomic E-state index is 6.37. The number of fused-ring (bicyclic) bond motifs is 7. The fourth-order valence-electron chi connectivity index (χ4n) is 5.35. The first-order chi connectivity index (χ1) is 19.8. The summed E-state index contributed by atoms with van der Waals surface area (Å²) in [6.45, 7) is 0.657. The van der Waals surface area contributed by atoms with Gasteiger partial charge in [0.15, 0.2) is 0 Å². The first-order valence-electron chi connectivity index (χ1n) is 13.1. The van der Waals surface area contributed by atoms with Crippen LogP contribution in [0.2, 0.25) is 0 Å². The Morgan fingerprint density at radius 3 is 1.07 bits per heavy atom. The van der Waals surface area contributed by atoms with Crippen molar-refractivity contribution in [3.63, 3.8) is 0 Å². The van der Waals surface area contributed by atoms with Crippen molar-refractivity contribution in [2.24, 2.45) is 0 Å². The van der Waals surface area contributed by atoms with Crippen molar-refractivity contribution in [2.75, 3.05) is 13.2 Å². The van der Waals surface area contributed by atoms with Crippen LogP contribution in [-0.2, 0) is 9.47 Å². The Labute approximate surface area is 230 Å². The molecule has 6 aromatic rings. The van der Waals surface area contributed by atoms with E-state index in [0.717, 1.165) is 21.5 Å². The quantitative estimate of drug-likeness (QED) is 0.209. The SMILES string of the molecule is c1ccc2c(c1)op(OC1COC3C(Op4oc5ccccc5c5ccccc5o4)COC13)oc1ccccc12. The molecule has 8 rings (SSSR count). The maximum Gasteiger partial charge on any atom is 0.387 e. The van der Waals surface area contributed by atoms with E-state index in [0.29, 0.717) is 35.5 Å². The van der Waals surface area contributed by atoms with Crippen LogP contribution in [0.15, 0.2) is 114 Å². The topological polar surface area (TPSA) is 89.5 Å². The molecule has 0 radical (unpaired) electrons. The van der Waals surface area contributed by atoms with Gasteiger partial charge in [0.1, 0.15) is 46.7 Å². The summed E-state index contributed by atoms with van der Waals surface area (Å²) in [6.07, 6.45) is -1.44. The average molecular weight is 574 g/mol. The molecule has 202 valence electrons. The molecule has 0 aliphatic carbocycles. The van der Waals surface area contributed by atoms with E-state index >= 15 is 0 Å². The Balaban J connectivity index is 1.08. The molecule has 4 heterocycles. The van der Waals surface area contributed by atoms with Crippen molar-refractivity contribution in [1.29, 1.82) is 0 Å². The zero-order valence-electron chi connectivity index (χ0n) is 21.1. The van der Waals surface area contributed by atoms with Crippen LogP contribution < -0.4 is 9.05 Å². The van der Waals surface area contributed by atoms with Crippen molar-refractivity contribution < 1.29 is 35.3 Å². The van der Waals surface area contributed by atoms with Crippen LogP contribution >= 0.6 is 16.5 Å². The summed E-state index contributed by atoms with van der Waals surface area (Å²) in [5, 5.41) is 3.86. The van der Waals surface area contributed by atoms with Crippen LogP contribution in [0.5, 0.6) is 0 Å². The van der Waals surface area contributed by atoms with Crippen LogP contribution in [0.25, 0.3) is 43.9 Å². The van der Waals surface area contributed by atoms with E-state index in [1.807, 2.05) is 97.1 Å². The number of ether oxygens (including phenoxy) is 2. The summed E-state index contributed by atoms with van der Waals surface area (Å²) >= 11 is 0. The Morgan fingerprint density at radius 1 is 0.450 bits per heavy atom. The summed E-state index contributed by atoms with van der Waals surface area (Å²) in [5.41, 5.74) is 2.87. The monoisotopic (exact) mass is 574 g/mol. The highest BCUT2D eigenvalue weighted by atomic mass is 31.1. The summed E-state index contributed by atoms with van der Waals surface area (Å²) in [6, 6.07) is 31.4. The minimum atomic E-state index is -1.74. The van der Waals surface area contributed by atoms with Gasteiger partial charge in [0.25, 0.3) is 0 Å². The number of hydrogen-bond donors (Lipinski definition) is 0. The smallest absolute Gasteiger partial charge is 0.387 e. The van der Waals surface area contributed by atoms with Crippen molar-refractivity contribution in [3.05, 3.63) is 97.1 Å². The third kappa shape index (κ3) is 4.34. The van der Waals surface area contributed by atoms with Gasteiger partial charge in [-0.05, 0) is 24.3 Å². The lowest BCUT2D eigenvalue weighted by Gasteiger charge is -2.15. The molecule has 40 heavy (non-hydrogen) atoms. The summed E-state index contributed by atoms with van der Waals surface area (Å²) in [7, 11) is -3.49. The van der Waals surface area contributed by atoms with Gasteiger partial charge in [-0.2, -0.15) is 0 Å². The molecule has 8 nitrogen and oxygen atoms in total. The lowest BCUT2D eigenvalue weighted by Crippen LogP contribution is -2.35. The number of rotatable bonds is 4. The second-order valence-corrected chi connectivity index (χ2v) is 11.7. The highest BCUT2D eigenvalue weighted by Gasteiger charge is 2.50. The molecule has 4 unspecified atom stereocenters. The van der Waals surface area contributed by atoms with Gasteiger partial charge in [-0.15, -0.1) is 0 Å². The highest BCUT2D eigenvalue weighted by Crippen LogP contribution is 2.40. The van der Waals surface area contributed by atoms with Gasteiger partial charge < -0.3 is 26.3 Å². The molecule has 0 N–H and O–H groups in total. The number of hydrogen-bond acceptors (Lipinski definition) is 8. The van der Waals surface area contributed by atoms with Gasteiger partial charge in [0.05, 0.1) is 13.2 Å². The van der Waals surface area contributed by atoms with Crippen LogP contribution in [0.3, 0.4) is 0 Å². The fraction of sp³-hybridized carbons (Fsp3) is 0.200. The molecule has 0 amide bonds. The predicted octanol–water partition coefficient (Wildman–Crippen LogP) is 7.99. The molecular formula is C30H24O8P2. The standard InChI is InChI=1S/C30H24O8P2/c1-5-13-23-19(9-1)20-10-2-6-14-24(20)34-39(33-23)37-27-17-31-30-28(18-32-29(27)30)38-40-35-25-15-7-3-11-21(25)22-12-4-8-16-26(22)36-40/h1-16,27-30H,17-18H2. The third-order valence-corrected chi connectivity index (χ3v) is 9.49. The van der Waals surface area contributed by atoms with Crippen LogP contribution in [0.1, 0.15) is 0 Å². The summed E-state index contributed by atoms with van der Waals surface area (Å²) < 4.78 is 49.9. The Morgan fingerprint density at radius 2 is 0.750 bits per heavy atom. The lowest BCUT2D eigenvalue weighted by molar-refractivity contribution is 0.0401. The maximum absolute atomic E-state index is 6.37. The van der Waals surface area contributed by atoms with E-state index in [2.05, 4.69) is 0 Å². The van der Waals surface area contributed by atoms with E-state index in [1.54, 1.807) is 0 Å². The third-order valence-electron chi connectivity index (χ3n) is 7.23. The van der Waals surface area contributed by atoms with Gasteiger partial charge in [-0.3, -0.25) is 9.05 Å². The molecule has 2 aromatic heterocycles. The molecule has 0 spiro atoms. The minimum Gasteiger partial charge on any atom is -0.399 e. The molecule has 4 aromatic carbocycles. The average Bonchev–Trinajstić information content (AvgIpc) is 3.47. The summed E-state index contributed by atoms with van der Waals surface area (Å²) in [5.74, 6) is 0. The molecular weight excluding hydrogens is 550 g/mol. The summed E-state index contributed by atoms with van der Waals surface area (Å²) in [4.78, 5) is 0. The number of benzene rings is 4. The molecule has 2 aliphatic rings. The van der Waals surface area contributed by atoms with Crippen LogP contribution in [0, 0.1) is 0 Å². The normalized spacial score (nSPS) is 22.3. The van der Waals surface area contributed by atoms with Crippen LogP contribution in [0.4, 0.5) is 0 Å². The van der Waals surface area contributed by atoms with E-state index in [1.165, 1.54) is 0 Å². The minimum absolute atomic E-state index is 0.329. The van der Waals surface area contributed by atoms with Gasteiger partial charge in [0, 0.05) is 21.5 Å². The van der Waals surface area contributed by atoms with E-state index < -0.39 is 16.5 Å². The predicted molar refractivity (Wildman–Crippen MR) is 153 cm³/mol. The van der Waals surface area contributed by atoms with Crippen molar-refractivity contribution in [3.8, 4) is 0 Å². The molecule has 2 fully saturated rings. The van der Waals surface area contributed by atoms with Crippen molar-refractivity contribution in [1.82, 2.24) is 0 Å². The van der Waals surface area contributed by atoms with Gasteiger partial charge >= 0.3 is 16.5 Å². The van der Waals surface area contributed by atoms with Crippen LogP contribution in [-0.4, -0.2) is 37.6 Å². The van der Waals surface area contributed by atoms with Gasteiger partial charge in [-0.25, -0.2) is 0 Å². The van der Waals surface area contributed by atoms with E-state index in [-0.39, 0.29) is 24.4 Å². The molecule has 2 aliphatic heterocycles. The molecule has 4 atom stereocenters. The zero-order valence-corrected chi connectivity index (χ0v) is 22.9. The largest absolute Gasteiger partial charge is 0.399 e. The van der Waals surface area contributed by atoms with E-state index in [9.17, 15) is 0 Å². The first kappa shape index (κ1) is 24.3.